The Balaban J connectivity index is 1.18. The van der Waals surface area contributed by atoms with E-state index in [-0.39, 0.29) is 5.91 Å². The van der Waals surface area contributed by atoms with Gasteiger partial charge in [0.15, 0.2) is 0 Å². The van der Waals surface area contributed by atoms with E-state index < -0.39 is 0 Å². The molecule has 1 fully saturated rings. The SMILES string of the molecule is CC/C=C/C/C=C/C/C=C\C/C=C/C/C=C/C/C=C/CCC(=O)NCCNC(=C1CC1)c1nn(-c2ccc(Cl)cc2Cl)c(-c2ccc(Cl)cc2)c1C. The normalized spacial score (nSPS) is 13.3. The molecule has 0 spiro atoms. The van der Waals surface area contributed by atoms with Gasteiger partial charge in [-0.2, -0.15) is 5.10 Å². The number of nitrogens with zero attached hydrogens (tertiary/aromatic N) is 2. The van der Waals surface area contributed by atoms with Gasteiger partial charge in [-0.15, -0.1) is 0 Å². The van der Waals surface area contributed by atoms with E-state index in [1.54, 1.807) is 6.07 Å². The minimum absolute atomic E-state index is 0.0461. The molecule has 1 heterocycles. The number of rotatable bonds is 21. The molecule has 1 aliphatic carbocycles. The fourth-order valence-electron chi connectivity index (χ4n) is 5.53. The minimum Gasteiger partial charge on any atom is -0.382 e. The summed E-state index contributed by atoms with van der Waals surface area (Å²) >= 11 is 19.1. The molecule has 0 radical (unpaired) electrons. The molecule has 2 aromatic carbocycles. The van der Waals surface area contributed by atoms with Crippen molar-refractivity contribution in [3.8, 4) is 16.9 Å². The zero-order valence-electron chi connectivity index (χ0n) is 30.4. The number of halogens is 3. The average molecular weight is 758 g/mol. The molecule has 0 unspecified atom stereocenters. The lowest BCUT2D eigenvalue weighted by Gasteiger charge is -2.11. The Morgan fingerprint density at radius 2 is 1.27 bits per heavy atom. The highest BCUT2D eigenvalue weighted by Crippen LogP contribution is 2.39. The number of nitrogens with one attached hydrogen (secondary N) is 2. The highest BCUT2D eigenvalue weighted by molar-refractivity contribution is 6.35. The topological polar surface area (TPSA) is 59.0 Å². The Kier molecular flexibility index (Phi) is 17.9. The Hall–Kier alpha value is -4.03. The monoisotopic (exact) mass is 756 g/mol. The van der Waals surface area contributed by atoms with Gasteiger partial charge in [0.25, 0.3) is 0 Å². The molecular formula is C44H51Cl3N4O. The zero-order valence-corrected chi connectivity index (χ0v) is 32.7. The van der Waals surface area contributed by atoms with Gasteiger partial charge in [-0.1, -0.05) is 127 Å². The van der Waals surface area contributed by atoms with Gasteiger partial charge in [-0.25, -0.2) is 4.68 Å². The molecule has 0 saturated heterocycles. The summed E-state index contributed by atoms with van der Waals surface area (Å²) in [6.45, 7) is 5.34. The lowest BCUT2D eigenvalue weighted by Crippen LogP contribution is -2.31. The molecule has 5 nitrogen and oxygen atoms in total. The number of aromatic nitrogens is 2. The van der Waals surface area contributed by atoms with E-state index in [1.165, 1.54) is 5.57 Å². The van der Waals surface area contributed by atoms with E-state index in [4.69, 9.17) is 39.9 Å². The van der Waals surface area contributed by atoms with E-state index >= 15 is 0 Å². The quantitative estimate of drug-likeness (QED) is 0.0840. The van der Waals surface area contributed by atoms with Crippen LogP contribution in [0.3, 0.4) is 0 Å². The second kappa shape index (κ2) is 22.8. The third-order valence-electron chi connectivity index (χ3n) is 8.35. The van der Waals surface area contributed by atoms with Crippen LogP contribution in [0.1, 0.15) is 82.4 Å². The molecule has 0 bridgehead atoms. The van der Waals surface area contributed by atoms with Crippen LogP contribution in [-0.4, -0.2) is 28.8 Å². The van der Waals surface area contributed by atoms with Gasteiger partial charge >= 0.3 is 0 Å². The van der Waals surface area contributed by atoms with Crippen molar-refractivity contribution in [2.24, 2.45) is 0 Å². The summed E-state index contributed by atoms with van der Waals surface area (Å²) in [6.07, 6.45) is 35.3. The number of carbonyl (C=O) groups excluding carboxylic acids is 1. The summed E-state index contributed by atoms with van der Waals surface area (Å²) in [6, 6.07) is 13.2. The van der Waals surface area contributed by atoms with E-state index in [9.17, 15) is 4.79 Å². The summed E-state index contributed by atoms with van der Waals surface area (Å²) in [7, 11) is 0. The van der Waals surface area contributed by atoms with E-state index in [2.05, 4.69) is 97.4 Å². The second-order valence-electron chi connectivity index (χ2n) is 12.5. The first kappa shape index (κ1) is 40.7. The standard InChI is InChI=1S/C44H51Cl3N4O/c1-3-4-5-6-7-8-9-10-11-12-13-14-15-16-17-18-19-20-21-22-41(52)48-31-32-49-43(35-23-24-35)42-34(2)44(36-25-27-37(45)28-26-36)51(50-42)40-30-29-38(46)33-39(40)47/h4-5,7-8,10-11,13-14,16-17,19-20,25-30,33,49H,3,6,9,12,15,18,21-24,31-32H2,1-2H3,(H,48,52)/b5-4+,8-7+,11-10-,14-13+,17-16+,20-19+. The number of amides is 1. The summed E-state index contributed by atoms with van der Waals surface area (Å²) in [4.78, 5) is 12.5. The predicted molar refractivity (Wildman–Crippen MR) is 223 cm³/mol. The van der Waals surface area contributed by atoms with Crippen LogP contribution in [0.5, 0.6) is 0 Å². The number of carbonyl (C=O) groups is 1. The molecule has 1 saturated carbocycles. The lowest BCUT2D eigenvalue weighted by atomic mass is 10.0. The maximum atomic E-state index is 12.5. The molecule has 52 heavy (non-hydrogen) atoms. The number of benzene rings is 2. The van der Waals surface area contributed by atoms with Gasteiger partial charge in [-0.3, -0.25) is 4.79 Å². The Morgan fingerprint density at radius 1 is 0.731 bits per heavy atom. The van der Waals surface area contributed by atoms with Crippen molar-refractivity contribution in [2.75, 3.05) is 13.1 Å². The van der Waals surface area contributed by atoms with Crippen LogP contribution in [0, 0.1) is 6.92 Å². The van der Waals surface area contributed by atoms with Crippen molar-refractivity contribution in [3.05, 3.63) is 147 Å². The Bertz CT molecular complexity index is 1800. The molecule has 0 aliphatic heterocycles. The van der Waals surface area contributed by atoms with Gasteiger partial charge in [0.2, 0.25) is 5.91 Å². The van der Waals surface area contributed by atoms with Crippen molar-refractivity contribution >= 4 is 46.4 Å². The molecule has 2 N–H and O–H groups in total. The minimum atomic E-state index is 0.0461. The van der Waals surface area contributed by atoms with Crippen LogP contribution in [0.4, 0.5) is 0 Å². The van der Waals surface area contributed by atoms with E-state index in [0.717, 1.165) is 91.7 Å². The molecule has 1 aliphatic rings. The number of allylic oxidation sites excluding steroid dienone is 13. The van der Waals surface area contributed by atoms with Crippen LogP contribution < -0.4 is 10.6 Å². The van der Waals surface area contributed by atoms with E-state index in [0.29, 0.717) is 34.6 Å². The third-order valence-corrected chi connectivity index (χ3v) is 9.14. The van der Waals surface area contributed by atoms with Crippen LogP contribution in [0.25, 0.3) is 22.6 Å². The zero-order chi connectivity index (χ0) is 37.0. The first-order valence-electron chi connectivity index (χ1n) is 18.3. The lowest BCUT2D eigenvalue weighted by molar-refractivity contribution is -0.120. The predicted octanol–water partition coefficient (Wildman–Crippen LogP) is 12.5. The Labute approximate surface area is 325 Å². The van der Waals surface area contributed by atoms with Gasteiger partial charge in [-0.05, 0) is 101 Å². The largest absolute Gasteiger partial charge is 0.382 e. The van der Waals surface area contributed by atoms with Crippen molar-refractivity contribution in [1.82, 2.24) is 20.4 Å². The first-order chi connectivity index (χ1) is 25.4. The van der Waals surface area contributed by atoms with Gasteiger partial charge in [0, 0.05) is 40.7 Å². The highest BCUT2D eigenvalue weighted by atomic mass is 35.5. The van der Waals surface area contributed by atoms with Gasteiger partial charge in [0.05, 0.1) is 22.1 Å². The fourth-order valence-corrected chi connectivity index (χ4v) is 6.14. The third kappa shape index (κ3) is 13.8. The second-order valence-corrected chi connectivity index (χ2v) is 13.8. The van der Waals surface area contributed by atoms with Crippen LogP contribution in [0.15, 0.2) is 121 Å². The van der Waals surface area contributed by atoms with Crippen molar-refractivity contribution in [3.63, 3.8) is 0 Å². The first-order valence-corrected chi connectivity index (χ1v) is 19.5. The van der Waals surface area contributed by atoms with Gasteiger partial charge in [0.1, 0.15) is 5.69 Å². The fraction of sp³-hybridized carbons (Fsp3) is 0.318. The van der Waals surface area contributed by atoms with Crippen molar-refractivity contribution < 1.29 is 4.79 Å². The maximum Gasteiger partial charge on any atom is 0.220 e. The summed E-state index contributed by atoms with van der Waals surface area (Å²) in [5.74, 6) is 0.0461. The highest BCUT2D eigenvalue weighted by Gasteiger charge is 2.26. The molecule has 1 amide bonds. The molecule has 0 atom stereocenters. The molecular weight excluding hydrogens is 707 g/mol. The average Bonchev–Trinajstić information content (AvgIpc) is 3.92. The van der Waals surface area contributed by atoms with Gasteiger partial charge < -0.3 is 10.6 Å². The molecule has 3 aromatic rings. The van der Waals surface area contributed by atoms with Crippen molar-refractivity contribution in [2.45, 2.75) is 78.1 Å². The Morgan fingerprint density at radius 3 is 1.83 bits per heavy atom. The summed E-state index contributed by atoms with van der Waals surface area (Å²) in [5.41, 5.74) is 6.88. The molecule has 274 valence electrons. The van der Waals surface area contributed by atoms with Crippen LogP contribution in [0.2, 0.25) is 15.1 Å². The molecule has 8 heteroatoms. The molecule has 1 aromatic heterocycles. The smallest absolute Gasteiger partial charge is 0.220 e. The van der Waals surface area contributed by atoms with E-state index in [1.807, 2.05) is 41.1 Å². The van der Waals surface area contributed by atoms with Crippen LogP contribution >= 0.6 is 34.8 Å². The summed E-state index contributed by atoms with van der Waals surface area (Å²) in [5, 5.41) is 13.5. The number of hydrogen-bond donors (Lipinski definition) is 2. The van der Waals surface area contributed by atoms with Crippen molar-refractivity contribution in [1.29, 1.82) is 0 Å². The number of hydrogen-bond acceptors (Lipinski definition) is 3. The summed E-state index contributed by atoms with van der Waals surface area (Å²) < 4.78 is 1.88. The maximum absolute atomic E-state index is 12.5. The van der Waals surface area contributed by atoms with Crippen LogP contribution in [-0.2, 0) is 4.79 Å². The molecule has 4 rings (SSSR count).